The monoisotopic (exact) mass is 254 g/mol. The molecule has 0 aliphatic rings. The van der Waals surface area contributed by atoms with Gasteiger partial charge >= 0.3 is 5.97 Å². The molecule has 0 fully saturated rings. The first-order valence-electron chi connectivity index (χ1n) is 5.41. The summed E-state index contributed by atoms with van der Waals surface area (Å²) in [5.41, 5.74) is -0.0936. The van der Waals surface area contributed by atoms with E-state index in [1.165, 1.54) is 0 Å². The van der Waals surface area contributed by atoms with Crippen molar-refractivity contribution in [2.45, 2.75) is 13.3 Å². The average molecular weight is 254 g/mol. The first kappa shape index (κ1) is 13.8. The molecule has 7 nitrogen and oxygen atoms in total. The van der Waals surface area contributed by atoms with E-state index in [2.05, 4.69) is 10.6 Å². The number of hydrogen-bond donors (Lipinski definition) is 3. The number of carboxylic acids is 1. The van der Waals surface area contributed by atoms with Crippen molar-refractivity contribution in [2.24, 2.45) is 0 Å². The standard InChI is InChI=1S/C11H14N2O5/c1-2-12-9(14)3-4-13-10(15)8-5-7(6-18-8)11(16)17/h5-6H,2-4H2,1H3,(H,12,14)(H,13,15)(H,16,17). The molecule has 0 aliphatic heterocycles. The lowest BCUT2D eigenvalue weighted by Gasteiger charge is -2.03. The Labute approximate surface area is 103 Å². The summed E-state index contributed by atoms with van der Waals surface area (Å²) in [4.78, 5) is 33.1. The fourth-order valence-corrected chi connectivity index (χ4v) is 1.23. The lowest BCUT2D eigenvalue weighted by atomic mass is 10.3. The molecule has 3 N–H and O–H groups in total. The summed E-state index contributed by atoms with van der Waals surface area (Å²) in [6, 6.07) is 1.13. The van der Waals surface area contributed by atoms with Crippen molar-refractivity contribution in [3.63, 3.8) is 0 Å². The molecule has 2 amide bonds. The van der Waals surface area contributed by atoms with Crippen LogP contribution < -0.4 is 10.6 Å². The molecule has 0 aliphatic carbocycles. The predicted molar refractivity (Wildman–Crippen MR) is 61.3 cm³/mol. The van der Waals surface area contributed by atoms with Crippen molar-refractivity contribution >= 4 is 17.8 Å². The molecule has 0 saturated heterocycles. The van der Waals surface area contributed by atoms with Crippen molar-refractivity contribution in [3.05, 3.63) is 23.7 Å². The Morgan fingerprint density at radius 3 is 2.61 bits per heavy atom. The molecule has 0 bridgehead atoms. The van der Waals surface area contributed by atoms with Crippen molar-refractivity contribution < 1.29 is 23.9 Å². The van der Waals surface area contributed by atoms with Crippen LogP contribution in [0.5, 0.6) is 0 Å². The second-order valence-corrected chi connectivity index (χ2v) is 3.46. The quantitative estimate of drug-likeness (QED) is 0.673. The second kappa shape index (κ2) is 6.43. The van der Waals surface area contributed by atoms with E-state index in [0.717, 1.165) is 12.3 Å². The summed E-state index contributed by atoms with van der Waals surface area (Å²) in [5.74, 6) is -1.97. The van der Waals surface area contributed by atoms with E-state index in [4.69, 9.17) is 9.52 Å². The molecule has 0 spiro atoms. The third-order valence-corrected chi connectivity index (χ3v) is 2.08. The van der Waals surface area contributed by atoms with Gasteiger partial charge in [0.05, 0.1) is 5.56 Å². The second-order valence-electron chi connectivity index (χ2n) is 3.46. The van der Waals surface area contributed by atoms with E-state index in [-0.39, 0.29) is 30.2 Å². The molecule has 1 aromatic rings. The molecule has 0 unspecified atom stereocenters. The Balaban J connectivity index is 2.40. The largest absolute Gasteiger partial charge is 0.478 e. The van der Waals surface area contributed by atoms with Gasteiger partial charge < -0.3 is 20.2 Å². The molecular formula is C11H14N2O5. The van der Waals surface area contributed by atoms with E-state index < -0.39 is 11.9 Å². The molecular weight excluding hydrogens is 240 g/mol. The smallest absolute Gasteiger partial charge is 0.338 e. The Bertz CT molecular complexity index is 452. The Morgan fingerprint density at radius 1 is 1.33 bits per heavy atom. The van der Waals surface area contributed by atoms with E-state index in [0.29, 0.717) is 6.54 Å². The maximum absolute atomic E-state index is 11.5. The number of hydrogen-bond acceptors (Lipinski definition) is 4. The minimum absolute atomic E-state index is 0.0936. The van der Waals surface area contributed by atoms with Gasteiger partial charge in [0.2, 0.25) is 5.91 Å². The molecule has 0 saturated carbocycles. The van der Waals surface area contributed by atoms with Gasteiger partial charge in [-0.3, -0.25) is 9.59 Å². The minimum Gasteiger partial charge on any atom is -0.478 e. The fourth-order valence-electron chi connectivity index (χ4n) is 1.23. The van der Waals surface area contributed by atoms with Crippen LogP contribution in [0.25, 0.3) is 0 Å². The van der Waals surface area contributed by atoms with Crippen LogP contribution in [-0.4, -0.2) is 36.0 Å². The third-order valence-electron chi connectivity index (χ3n) is 2.08. The summed E-state index contributed by atoms with van der Waals surface area (Å²) < 4.78 is 4.80. The molecule has 18 heavy (non-hydrogen) atoms. The number of carbonyl (C=O) groups excluding carboxylic acids is 2. The van der Waals surface area contributed by atoms with Gasteiger partial charge in [-0.2, -0.15) is 0 Å². The number of furan rings is 1. The predicted octanol–water partition coefficient (Wildman–Crippen LogP) is 0.234. The van der Waals surface area contributed by atoms with Gasteiger partial charge in [-0.25, -0.2) is 4.79 Å². The van der Waals surface area contributed by atoms with Crippen molar-refractivity contribution in [1.29, 1.82) is 0 Å². The molecule has 98 valence electrons. The Kier molecular flexibility index (Phi) is 4.91. The van der Waals surface area contributed by atoms with Crippen LogP contribution in [0.3, 0.4) is 0 Å². The number of nitrogens with one attached hydrogen (secondary N) is 2. The summed E-state index contributed by atoms with van der Waals surface area (Å²) in [6.07, 6.45) is 1.15. The zero-order valence-electron chi connectivity index (χ0n) is 9.86. The normalized spacial score (nSPS) is 9.83. The fraction of sp³-hybridized carbons (Fsp3) is 0.364. The van der Waals surface area contributed by atoms with Crippen LogP contribution in [0.1, 0.15) is 34.3 Å². The van der Waals surface area contributed by atoms with Crippen molar-refractivity contribution in [1.82, 2.24) is 10.6 Å². The maximum atomic E-state index is 11.5. The van der Waals surface area contributed by atoms with Crippen molar-refractivity contribution in [3.8, 4) is 0 Å². The van der Waals surface area contributed by atoms with Gasteiger partial charge in [0.25, 0.3) is 5.91 Å². The maximum Gasteiger partial charge on any atom is 0.338 e. The number of amides is 2. The molecule has 1 heterocycles. The van der Waals surface area contributed by atoms with Crippen LogP contribution in [0.4, 0.5) is 0 Å². The lowest BCUT2D eigenvalue weighted by molar-refractivity contribution is -0.120. The van der Waals surface area contributed by atoms with Crippen LogP contribution in [-0.2, 0) is 4.79 Å². The van der Waals surface area contributed by atoms with Gasteiger partial charge in [-0.05, 0) is 6.92 Å². The summed E-state index contributed by atoms with van der Waals surface area (Å²) in [5, 5.41) is 13.7. The average Bonchev–Trinajstić information content (AvgIpc) is 2.78. The molecule has 1 rings (SSSR count). The first-order valence-corrected chi connectivity index (χ1v) is 5.41. The highest BCUT2D eigenvalue weighted by Crippen LogP contribution is 2.07. The SMILES string of the molecule is CCNC(=O)CCNC(=O)c1cc(C(=O)O)co1. The number of aromatic carboxylic acids is 1. The minimum atomic E-state index is -1.17. The third kappa shape index (κ3) is 3.93. The van der Waals surface area contributed by atoms with Crippen LogP contribution in [0.15, 0.2) is 16.7 Å². The molecule has 0 atom stereocenters. The number of carboxylic acid groups (broad SMARTS) is 1. The molecule has 0 radical (unpaired) electrons. The summed E-state index contributed by atoms with van der Waals surface area (Å²) >= 11 is 0. The highest BCUT2D eigenvalue weighted by molar-refractivity contribution is 5.95. The summed E-state index contributed by atoms with van der Waals surface area (Å²) in [7, 11) is 0. The zero-order valence-corrected chi connectivity index (χ0v) is 9.86. The Morgan fingerprint density at radius 2 is 2.06 bits per heavy atom. The molecule has 7 heteroatoms. The van der Waals surface area contributed by atoms with Crippen LogP contribution in [0.2, 0.25) is 0 Å². The zero-order chi connectivity index (χ0) is 13.5. The van der Waals surface area contributed by atoms with Crippen molar-refractivity contribution in [2.75, 3.05) is 13.1 Å². The summed E-state index contributed by atoms with van der Waals surface area (Å²) in [6.45, 7) is 2.49. The number of carbonyl (C=O) groups is 3. The first-order chi connectivity index (χ1) is 8.54. The van der Waals surface area contributed by atoms with E-state index in [1.807, 2.05) is 0 Å². The topological polar surface area (TPSA) is 109 Å². The number of rotatable bonds is 6. The van der Waals surface area contributed by atoms with Gasteiger partial charge in [0.1, 0.15) is 6.26 Å². The van der Waals surface area contributed by atoms with Crippen LogP contribution >= 0.6 is 0 Å². The van der Waals surface area contributed by atoms with E-state index in [9.17, 15) is 14.4 Å². The van der Waals surface area contributed by atoms with Gasteiger partial charge in [-0.1, -0.05) is 0 Å². The van der Waals surface area contributed by atoms with Gasteiger partial charge in [0, 0.05) is 25.6 Å². The van der Waals surface area contributed by atoms with E-state index >= 15 is 0 Å². The van der Waals surface area contributed by atoms with Gasteiger partial charge in [0.15, 0.2) is 5.76 Å². The lowest BCUT2D eigenvalue weighted by Crippen LogP contribution is -2.30. The van der Waals surface area contributed by atoms with Crippen LogP contribution in [0, 0.1) is 0 Å². The molecule has 1 aromatic heterocycles. The van der Waals surface area contributed by atoms with E-state index in [1.54, 1.807) is 6.92 Å². The van der Waals surface area contributed by atoms with Gasteiger partial charge in [-0.15, -0.1) is 0 Å². The molecule has 0 aromatic carbocycles. The Hall–Kier alpha value is -2.31. The highest BCUT2D eigenvalue weighted by Gasteiger charge is 2.14. The highest BCUT2D eigenvalue weighted by atomic mass is 16.4.